The number of rotatable bonds is 20. The smallest absolute Gasteiger partial charge is 0.369 e. The van der Waals surface area contributed by atoms with E-state index in [0.717, 1.165) is 63.5 Å². The van der Waals surface area contributed by atoms with E-state index in [4.69, 9.17) is 23.8 Å². The SMILES string of the molecule is CC(C)(CNC(=O)CCCCC1SCC2NC(=O)NC21)SSCOC1C[C@H](C2CCCCCCCC2)O[C@@H]1COP(=O)(O)OP(=O)(O)OP(=O)(O)O. The number of thioether (sulfide) groups is 1. The molecule has 23 heteroatoms. The molecule has 0 aromatic heterocycles. The summed E-state index contributed by atoms with van der Waals surface area (Å²) in [6.07, 6.45) is 10.8. The van der Waals surface area contributed by atoms with Crippen LogP contribution in [0.15, 0.2) is 0 Å². The number of carbonyl (C=O) groups is 2. The standard InChI is InChI=1S/C29H54N3O14P3S3/c1-29(2,18-30-26(33)14-10-9-13-25-27-21(17-50-25)31-28(34)32-27)52-51-19-42-23-15-22(20-11-7-5-3-4-6-8-12-20)44-24(23)16-43-48(38,39)46-49(40,41)45-47(35,36)37/h20-25,27H,3-19H2,1-2H3,(H,30,33)(H,38,39)(H,40,41)(H2,31,32,34)(H2,35,36,37)/t21?,22-,23?,24-,25?,27?/m1/s1. The average Bonchev–Trinajstić information content (AvgIpc) is 3.74. The Bertz CT molecular complexity index is 1320. The van der Waals surface area contributed by atoms with Crippen molar-refractivity contribution in [3.63, 3.8) is 0 Å². The molecule has 4 fully saturated rings. The maximum atomic E-state index is 12.6. The van der Waals surface area contributed by atoms with Gasteiger partial charge in [0.15, 0.2) is 0 Å². The van der Waals surface area contributed by atoms with Crippen LogP contribution in [0.2, 0.25) is 0 Å². The maximum Gasteiger partial charge on any atom is 0.490 e. The molecule has 3 heterocycles. The third-order valence-electron chi connectivity index (χ3n) is 9.38. The van der Waals surface area contributed by atoms with E-state index in [0.29, 0.717) is 24.6 Å². The molecule has 52 heavy (non-hydrogen) atoms. The van der Waals surface area contributed by atoms with Crippen molar-refractivity contribution in [3.05, 3.63) is 0 Å². The molecule has 1 aliphatic carbocycles. The van der Waals surface area contributed by atoms with E-state index in [9.17, 15) is 33.1 Å². The highest BCUT2D eigenvalue weighted by Crippen LogP contribution is 2.66. The Morgan fingerprint density at radius 3 is 2.38 bits per heavy atom. The van der Waals surface area contributed by atoms with Crippen LogP contribution < -0.4 is 16.0 Å². The lowest BCUT2D eigenvalue weighted by Gasteiger charge is -2.25. The van der Waals surface area contributed by atoms with Gasteiger partial charge in [-0.25, -0.2) is 18.5 Å². The molecule has 3 aliphatic heterocycles. The van der Waals surface area contributed by atoms with Crippen molar-refractivity contribution in [2.24, 2.45) is 5.92 Å². The van der Waals surface area contributed by atoms with Gasteiger partial charge in [-0.3, -0.25) is 9.32 Å². The number of hydrogen-bond donors (Lipinski definition) is 7. The minimum Gasteiger partial charge on any atom is -0.369 e. The number of hydrogen-bond acceptors (Lipinski definition) is 13. The van der Waals surface area contributed by atoms with Crippen molar-refractivity contribution < 1.29 is 65.5 Å². The molecule has 0 spiro atoms. The van der Waals surface area contributed by atoms with E-state index in [-0.39, 0.29) is 46.7 Å². The summed E-state index contributed by atoms with van der Waals surface area (Å²) in [4.78, 5) is 61.3. The summed E-state index contributed by atoms with van der Waals surface area (Å²) in [5.74, 6) is 1.39. The monoisotopic (exact) mass is 857 g/mol. The molecular formula is C29H54N3O14P3S3. The number of carbonyl (C=O) groups excluding carboxylic acids is 2. The molecule has 4 aliphatic rings. The highest BCUT2D eigenvalue weighted by molar-refractivity contribution is 8.77. The molecule has 1 saturated carbocycles. The molecule has 302 valence electrons. The predicted octanol–water partition coefficient (Wildman–Crippen LogP) is 5.58. The second-order valence-electron chi connectivity index (χ2n) is 14.2. The fourth-order valence-electron chi connectivity index (χ4n) is 6.88. The number of nitrogens with one attached hydrogen (secondary N) is 3. The third kappa shape index (κ3) is 15.9. The molecule has 0 bridgehead atoms. The van der Waals surface area contributed by atoms with Crippen LogP contribution in [0.25, 0.3) is 0 Å². The fourth-order valence-corrected chi connectivity index (χ4v) is 13.6. The van der Waals surface area contributed by atoms with Gasteiger partial charge in [0.2, 0.25) is 5.91 Å². The summed E-state index contributed by atoms with van der Waals surface area (Å²) < 4.78 is 60.0. The molecule has 17 nitrogen and oxygen atoms in total. The number of phosphoric acid groups is 3. The predicted molar refractivity (Wildman–Crippen MR) is 199 cm³/mol. The lowest BCUT2D eigenvalue weighted by atomic mass is 9.89. The Labute approximate surface area is 317 Å². The molecule has 3 amide bonds. The molecule has 4 rings (SSSR count). The molecule has 0 aromatic rings. The van der Waals surface area contributed by atoms with Crippen LogP contribution in [-0.2, 0) is 41.1 Å². The third-order valence-corrected chi connectivity index (χ3v) is 17.6. The zero-order valence-electron chi connectivity index (χ0n) is 29.5. The summed E-state index contributed by atoms with van der Waals surface area (Å²) in [6, 6.07) is 0.257. The highest BCUT2D eigenvalue weighted by Gasteiger charge is 2.45. The lowest BCUT2D eigenvalue weighted by Crippen LogP contribution is -2.37. The van der Waals surface area contributed by atoms with Gasteiger partial charge in [-0.1, -0.05) is 66.5 Å². The van der Waals surface area contributed by atoms with Gasteiger partial charge in [-0.2, -0.15) is 20.4 Å². The average molecular weight is 858 g/mol. The molecule has 0 radical (unpaired) electrons. The molecule has 6 unspecified atom stereocenters. The number of ether oxygens (including phenoxy) is 2. The van der Waals surface area contributed by atoms with E-state index in [1.165, 1.54) is 23.6 Å². The van der Waals surface area contributed by atoms with E-state index >= 15 is 0 Å². The van der Waals surface area contributed by atoms with Gasteiger partial charge < -0.3 is 45.0 Å². The largest absolute Gasteiger partial charge is 0.490 e. The Kier molecular flexibility index (Phi) is 17.7. The van der Waals surface area contributed by atoms with Crippen LogP contribution in [0.1, 0.15) is 97.3 Å². The second-order valence-corrected chi connectivity index (χ2v) is 22.9. The molecular weight excluding hydrogens is 803 g/mol. The van der Waals surface area contributed by atoms with Gasteiger partial charge in [0.1, 0.15) is 12.0 Å². The lowest BCUT2D eigenvalue weighted by molar-refractivity contribution is -0.121. The van der Waals surface area contributed by atoms with Crippen molar-refractivity contribution in [3.8, 4) is 0 Å². The van der Waals surface area contributed by atoms with Gasteiger partial charge >= 0.3 is 29.5 Å². The number of fused-ring (bicyclic) bond motifs is 1. The van der Waals surface area contributed by atoms with E-state index in [2.05, 4.69) is 24.6 Å². The maximum absolute atomic E-state index is 12.6. The Balaban J connectivity index is 1.20. The normalized spacial score (nSPS) is 29.9. The first-order chi connectivity index (χ1) is 24.4. The Morgan fingerprint density at radius 2 is 1.69 bits per heavy atom. The van der Waals surface area contributed by atoms with Crippen LogP contribution in [0.3, 0.4) is 0 Å². The van der Waals surface area contributed by atoms with Crippen LogP contribution in [0.4, 0.5) is 4.79 Å². The zero-order chi connectivity index (χ0) is 38.0. The Morgan fingerprint density at radius 1 is 1.00 bits per heavy atom. The number of phosphoric ester groups is 1. The van der Waals surface area contributed by atoms with Gasteiger partial charge in [-0.15, -0.1) is 0 Å². The summed E-state index contributed by atoms with van der Waals surface area (Å²) >= 11 is 1.86. The van der Waals surface area contributed by atoms with Gasteiger partial charge in [-0.05, 0) is 45.4 Å². The quantitative estimate of drug-likeness (QED) is 0.0259. The van der Waals surface area contributed by atoms with Crippen molar-refractivity contribution >= 4 is 68.8 Å². The van der Waals surface area contributed by atoms with E-state index in [1.54, 1.807) is 10.8 Å². The van der Waals surface area contributed by atoms with Crippen LogP contribution in [0, 0.1) is 5.92 Å². The second kappa shape index (κ2) is 20.5. The topological polar surface area (TPSA) is 249 Å². The highest BCUT2D eigenvalue weighted by atomic mass is 33.1. The van der Waals surface area contributed by atoms with Gasteiger partial charge in [0.05, 0.1) is 30.9 Å². The van der Waals surface area contributed by atoms with Gasteiger partial charge in [0, 0.05) is 35.1 Å². The first-order valence-corrected chi connectivity index (χ1v) is 25.6. The van der Waals surface area contributed by atoms with Crippen molar-refractivity contribution in [2.75, 3.05) is 24.8 Å². The minimum absolute atomic E-state index is 0.0133. The fraction of sp³-hybridized carbons (Fsp3) is 0.931. The molecule has 8 atom stereocenters. The van der Waals surface area contributed by atoms with Gasteiger partial charge in [0.25, 0.3) is 0 Å². The van der Waals surface area contributed by atoms with E-state index < -0.39 is 42.3 Å². The minimum atomic E-state index is -5.65. The summed E-state index contributed by atoms with van der Waals surface area (Å²) in [5, 5.41) is 9.33. The number of unbranched alkanes of at least 4 members (excludes halogenated alkanes) is 1. The first kappa shape index (κ1) is 44.8. The zero-order valence-corrected chi connectivity index (χ0v) is 34.6. The molecule has 3 saturated heterocycles. The summed E-state index contributed by atoms with van der Waals surface area (Å²) in [7, 11) is -13.5. The van der Waals surface area contributed by atoms with Crippen LogP contribution >= 0.6 is 56.8 Å². The summed E-state index contributed by atoms with van der Waals surface area (Å²) in [5.41, 5.74) is 0. The van der Waals surface area contributed by atoms with Crippen molar-refractivity contribution in [1.29, 1.82) is 0 Å². The molecule has 7 N–H and O–H groups in total. The number of amides is 3. The van der Waals surface area contributed by atoms with Crippen molar-refractivity contribution in [1.82, 2.24) is 16.0 Å². The van der Waals surface area contributed by atoms with E-state index in [1.807, 2.05) is 25.6 Å². The van der Waals surface area contributed by atoms with Crippen LogP contribution in [-0.4, -0.2) is 96.7 Å². The van der Waals surface area contributed by atoms with Crippen LogP contribution in [0.5, 0.6) is 0 Å². The summed E-state index contributed by atoms with van der Waals surface area (Å²) in [6.45, 7) is 3.92. The molecule has 0 aromatic carbocycles. The number of urea groups is 1. The van der Waals surface area contributed by atoms with Crippen molar-refractivity contribution in [2.45, 2.75) is 138 Å². The Hall–Kier alpha value is 0.120. The first-order valence-electron chi connectivity index (χ1n) is 17.7.